The Morgan fingerprint density at radius 2 is 1.20 bits per heavy atom. The molecule has 0 aliphatic rings. The first kappa shape index (κ1) is 8.83. The van der Waals surface area contributed by atoms with Crippen molar-refractivity contribution in [1.29, 1.82) is 0 Å². The lowest BCUT2D eigenvalue weighted by molar-refractivity contribution is -0.191. The molecule has 0 unspecified atom stereocenters. The van der Waals surface area contributed by atoms with Crippen LogP contribution in [0.3, 0.4) is 0 Å². The zero-order valence-corrected chi connectivity index (χ0v) is 3.32. The lowest BCUT2D eigenvalue weighted by Gasteiger charge is -1.07. The monoisotopic (exact) mass is 74.0 g/mol. The van der Waals surface area contributed by atoms with Crippen LogP contribution in [0.2, 0.25) is 0 Å². The lowest BCUT2D eigenvalue weighted by atomic mass is 11.0. The quantitative estimate of drug-likeness (QED) is 0.418. The fraction of sp³-hybridized carbons (Fsp3) is 0.667. The van der Waals surface area contributed by atoms with Gasteiger partial charge in [0, 0.05) is 0 Å². The SMILES string of the molecule is CC.O=C=O. The predicted molar refractivity (Wildman–Crippen MR) is 16.4 cm³/mol. The summed E-state index contributed by atoms with van der Waals surface area (Å²) >= 11 is 0. The molecule has 0 fully saturated rings. The molecule has 0 bridgehead atoms. The lowest BCUT2D eigenvalue weighted by Crippen LogP contribution is -1.22. The highest BCUT2D eigenvalue weighted by atomic mass is 16.2. The summed E-state index contributed by atoms with van der Waals surface area (Å²) in [4.78, 5) is 16.2. The van der Waals surface area contributed by atoms with Crippen molar-refractivity contribution < 1.29 is 9.59 Å². The Morgan fingerprint density at radius 3 is 1.20 bits per heavy atom. The Labute approximate surface area is 30.8 Å². The van der Waals surface area contributed by atoms with E-state index in [1.807, 2.05) is 13.8 Å². The maximum absolute atomic E-state index is 8.12. The van der Waals surface area contributed by atoms with Crippen LogP contribution in [0.4, 0.5) is 0 Å². The second-order valence-corrected chi connectivity index (χ2v) is 0.0833. The van der Waals surface area contributed by atoms with Crippen molar-refractivity contribution in [2.75, 3.05) is 0 Å². The third kappa shape index (κ3) is 16.7. The van der Waals surface area contributed by atoms with Gasteiger partial charge in [-0.25, -0.2) is 0 Å². The average Bonchev–Trinajstić information content (AvgIpc) is 1.46. The van der Waals surface area contributed by atoms with Gasteiger partial charge < -0.3 is 0 Å². The molecule has 0 N–H and O–H groups in total. The number of rotatable bonds is 0. The van der Waals surface area contributed by atoms with Crippen molar-refractivity contribution in [1.82, 2.24) is 0 Å². The largest absolute Gasteiger partial charge is 0.373 e. The van der Waals surface area contributed by atoms with Crippen LogP contribution in [0.1, 0.15) is 13.8 Å². The molecular weight excluding hydrogens is 68.0 g/mol. The van der Waals surface area contributed by atoms with Gasteiger partial charge in [0.05, 0.1) is 0 Å². The molecule has 0 heterocycles. The van der Waals surface area contributed by atoms with E-state index in [0.29, 0.717) is 0 Å². The van der Waals surface area contributed by atoms with Crippen LogP contribution in [0.25, 0.3) is 0 Å². The van der Waals surface area contributed by atoms with Gasteiger partial charge in [0.15, 0.2) is 0 Å². The van der Waals surface area contributed by atoms with Gasteiger partial charge in [-0.3, -0.25) is 0 Å². The van der Waals surface area contributed by atoms with Crippen LogP contribution in [0, 0.1) is 0 Å². The van der Waals surface area contributed by atoms with Crippen molar-refractivity contribution in [2.24, 2.45) is 0 Å². The minimum absolute atomic E-state index is 0.250. The smallest absolute Gasteiger partial charge is 0.186 e. The minimum Gasteiger partial charge on any atom is -0.186 e. The summed E-state index contributed by atoms with van der Waals surface area (Å²) in [5.41, 5.74) is 0. The summed E-state index contributed by atoms with van der Waals surface area (Å²) in [7, 11) is 0. The summed E-state index contributed by atoms with van der Waals surface area (Å²) in [5.74, 6) is 0. The van der Waals surface area contributed by atoms with Crippen LogP contribution in [0.5, 0.6) is 0 Å². The summed E-state index contributed by atoms with van der Waals surface area (Å²) in [6.07, 6.45) is 0.250. The molecular formula is C3H6O2. The van der Waals surface area contributed by atoms with Gasteiger partial charge in [-0.1, -0.05) is 13.8 Å². The molecule has 0 aromatic rings. The van der Waals surface area contributed by atoms with Gasteiger partial charge >= 0.3 is 6.15 Å². The third-order valence-corrected chi connectivity index (χ3v) is 0. The molecule has 0 spiro atoms. The summed E-state index contributed by atoms with van der Waals surface area (Å²) in [5, 5.41) is 0. The fourth-order valence-electron chi connectivity index (χ4n) is 0. The standard InChI is InChI=1S/C2H6.CO2/c1-2;2-1-3/h1-2H3;. The number of hydrogen-bond donors (Lipinski definition) is 0. The molecule has 0 saturated heterocycles. The Kier molecular flexibility index (Phi) is 234. The van der Waals surface area contributed by atoms with E-state index in [1.165, 1.54) is 0 Å². The van der Waals surface area contributed by atoms with Gasteiger partial charge in [0.2, 0.25) is 0 Å². The highest BCUT2D eigenvalue weighted by Crippen LogP contribution is 1.14. The molecule has 0 radical (unpaired) electrons. The number of hydrogen-bond acceptors (Lipinski definition) is 2. The molecule has 0 aliphatic heterocycles. The second-order valence-electron chi connectivity index (χ2n) is 0.0833. The van der Waals surface area contributed by atoms with Gasteiger partial charge in [0.1, 0.15) is 0 Å². The molecule has 5 heavy (non-hydrogen) atoms. The summed E-state index contributed by atoms with van der Waals surface area (Å²) in [6.45, 7) is 4.00. The summed E-state index contributed by atoms with van der Waals surface area (Å²) < 4.78 is 0. The molecule has 0 aromatic heterocycles. The van der Waals surface area contributed by atoms with E-state index in [4.69, 9.17) is 9.59 Å². The van der Waals surface area contributed by atoms with Crippen molar-refractivity contribution in [3.8, 4) is 0 Å². The maximum Gasteiger partial charge on any atom is 0.373 e. The second kappa shape index (κ2) is 133. The Bertz CT molecular complexity index is 25.9. The molecule has 2 nitrogen and oxygen atoms in total. The van der Waals surface area contributed by atoms with Gasteiger partial charge in [-0.2, -0.15) is 9.59 Å². The first-order valence-corrected chi connectivity index (χ1v) is 1.41. The first-order valence-electron chi connectivity index (χ1n) is 1.41. The van der Waals surface area contributed by atoms with Crippen LogP contribution in [-0.2, 0) is 9.59 Å². The van der Waals surface area contributed by atoms with Crippen LogP contribution < -0.4 is 0 Å². The average molecular weight is 74.1 g/mol. The van der Waals surface area contributed by atoms with E-state index < -0.39 is 0 Å². The van der Waals surface area contributed by atoms with Crippen LogP contribution in [0.15, 0.2) is 0 Å². The highest BCUT2D eigenvalue weighted by molar-refractivity contribution is 5.20. The van der Waals surface area contributed by atoms with Crippen molar-refractivity contribution >= 4 is 6.15 Å². The third-order valence-electron chi connectivity index (χ3n) is 0. The van der Waals surface area contributed by atoms with E-state index in [-0.39, 0.29) is 6.15 Å². The van der Waals surface area contributed by atoms with Gasteiger partial charge in [-0.15, -0.1) is 0 Å². The summed E-state index contributed by atoms with van der Waals surface area (Å²) in [6, 6.07) is 0. The zero-order valence-electron chi connectivity index (χ0n) is 3.32. The van der Waals surface area contributed by atoms with Crippen LogP contribution >= 0.6 is 0 Å². The fourth-order valence-corrected chi connectivity index (χ4v) is 0. The molecule has 2 heteroatoms. The Hall–Kier alpha value is -0.620. The van der Waals surface area contributed by atoms with E-state index in [2.05, 4.69) is 0 Å². The normalized spacial score (nSPS) is 2.80. The van der Waals surface area contributed by atoms with E-state index in [9.17, 15) is 0 Å². The van der Waals surface area contributed by atoms with Crippen LogP contribution in [-0.4, -0.2) is 6.15 Å². The molecule has 0 aliphatic carbocycles. The highest BCUT2D eigenvalue weighted by Gasteiger charge is 1.13. The van der Waals surface area contributed by atoms with E-state index in [0.717, 1.165) is 0 Å². The first-order chi connectivity index (χ1) is 2.41. The Balaban J connectivity index is 0. The molecule has 0 amide bonds. The topological polar surface area (TPSA) is 34.1 Å². The van der Waals surface area contributed by atoms with Crippen molar-refractivity contribution in [2.45, 2.75) is 13.8 Å². The zero-order chi connectivity index (χ0) is 4.71. The van der Waals surface area contributed by atoms with E-state index >= 15 is 0 Å². The molecule has 0 rings (SSSR count). The molecule has 0 aromatic carbocycles. The van der Waals surface area contributed by atoms with Gasteiger partial charge in [0.25, 0.3) is 0 Å². The maximum atomic E-state index is 8.12. The predicted octanol–water partition coefficient (Wildman–Crippen LogP) is 0.443. The molecule has 0 saturated carbocycles. The molecule has 30 valence electrons. The van der Waals surface area contributed by atoms with Crippen molar-refractivity contribution in [3.05, 3.63) is 0 Å². The Morgan fingerprint density at radius 1 is 1.20 bits per heavy atom. The van der Waals surface area contributed by atoms with E-state index in [1.54, 1.807) is 0 Å². The number of carbonyl (C=O) groups excluding carboxylic acids is 2. The molecule has 0 atom stereocenters. The van der Waals surface area contributed by atoms with Crippen molar-refractivity contribution in [3.63, 3.8) is 0 Å². The van der Waals surface area contributed by atoms with Gasteiger partial charge in [-0.05, 0) is 0 Å². The minimum atomic E-state index is 0.250.